The number of sulfonamides is 1. The van der Waals surface area contributed by atoms with Crippen LogP contribution in [0.15, 0.2) is 23.1 Å². The highest BCUT2D eigenvalue weighted by Crippen LogP contribution is 2.25. The molecule has 0 saturated carbocycles. The maximum absolute atomic E-state index is 12.7. The van der Waals surface area contributed by atoms with Gasteiger partial charge in [0.15, 0.2) is 0 Å². The molecule has 1 heterocycles. The molecule has 1 aliphatic rings. The van der Waals surface area contributed by atoms with Gasteiger partial charge in [-0.1, -0.05) is 6.07 Å². The molecule has 0 aliphatic carbocycles. The first-order valence-corrected chi connectivity index (χ1v) is 8.28. The molecular formula is C14H24ClN3O2S. The third-order valence-electron chi connectivity index (χ3n) is 3.63. The summed E-state index contributed by atoms with van der Waals surface area (Å²) >= 11 is 0. The van der Waals surface area contributed by atoms with Crippen LogP contribution in [0.4, 0.5) is 5.69 Å². The van der Waals surface area contributed by atoms with E-state index in [2.05, 4.69) is 5.32 Å². The monoisotopic (exact) mass is 333 g/mol. The zero-order valence-corrected chi connectivity index (χ0v) is 14.6. The van der Waals surface area contributed by atoms with E-state index < -0.39 is 10.0 Å². The van der Waals surface area contributed by atoms with Crippen LogP contribution in [-0.2, 0) is 10.0 Å². The van der Waals surface area contributed by atoms with E-state index in [1.54, 1.807) is 16.4 Å². The Kier molecular flexibility index (Phi) is 6.04. The van der Waals surface area contributed by atoms with E-state index in [0.717, 1.165) is 11.3 Å². The second-order valence-corrected chi connectivity index (χ2v) is 7.50. The molecule has 1 saturated heterocycles. The first-order valence-electron chi connectivity index (χ1n) is 6.84. The van der Waals surface area contributed by atoms with Gasteiger partial charge < -0.3 is 10.2 Å². The van der Waals surface area contributed by atoms with Gasteiger partial charge in [-0.25, -0.2) is 8.42 Å². The fourth-order valence-electron chi connectivity index (χ4n) is 2.50. The molecule has 1 unspecified atom stereocenters. The molecule has 1 N–H and O–H groups in total. The molecule has 1 fully saturated rings. The lowest BCUT2D eigenvalue weighted by molar-refractivity contribution is 0.310. The molecule has 0 spiro atoms. The lowest BCUT2D eigenvalue weighted by atomic mass is 10.2. The summed E-state index contributed by atoms with van der Waals surface area (Å²) in [5, 5.41) is 3.26. The summed E-state index contributed by atoms with van der Waals surface area (Å²) in [6.45, 7) is 5.73. The lowest BCUT2D eigenvalue weighted by Gasteiger charge is -2.31. The van der Waals surface area contributed by atoms with Crippen LogP contribution in [0.3, 0.4) is 0 Å². The van der Waals surface area contributed by atoms with Crippen LogP contribution in [0.1, 0.15) is 12.5 Å². The Morgan fingerprint density at radius 1 is 1.33 bits per heavy atom. The van der Waals surface area contributed by atoms with Crippen molar-refractivity contribution in [2.45, 2.75) is 24.8 Å². The summed E-state index contributed by atoms with van der Waals surface area (Å²) < 4.78 is 27.0. The molecule has 1 aliphatic heterocycles. The van der Waals surface area contributed by atoms with E-state index in [1.165, 1.54) is 0 Å². The van der Waals surface area contributed by atoms with E-state index in [-0.39, 0.29) is 18.4 Å². The number of benzene rings is 1. The highest BCUT2D eigenvalue weighted by Gasteiger charge is 2.28. The van der Waals surface area contributed by atoms with Gasteiger partial charge in [0.2, 0.25) is 10.0 Å². The van der Waals surface area contributed by atoms with Crippen LogP contribution < -0.4 is 10.2 Å². The predicted molar refractivity (Wildman–Crippen MR) is 89.0 cm³/mol. The molecular weight excluding hydrogens is 310 g/mol. The lowest BCUT2D eigenvalue weighted by Crippen LogP contribution is -2.51. The summed E-state index contributed by atoms with van der Waals surface area (Å²) in [4.78, 5) is 2.32. The van der Waals surface area contributed by atoms with Crippen LogP contribution in [-0.4, -0.2) is 52.5 Å². The Morgan fingerprint density at radius 2 is 2.00 bits per heavy atom. The fourth-order valence-corrected chi connectivity index (χ4v) is 4.05. The molecule has 1 atom stereocenters. The third kappa shape index (κ3) is 3.88. The van der Waals surface area contributed by atoms with Gasteiger partial charge in [0.25, 0.3) is 0 Å². The van der Waals surface area contributed by atoms with Crippen molar-refractivity contribution in [3.63, 3.8) is 0 Å². The average molecular weight is 334 g/mol. The molecule has 5 nitrogen and oxygen atoms in total. The Hall–Kier alpha value is -0.820. The van der Waals surface area contributed by atoms with Gasteiger partial charge in [-0.2, -0.15) is 4.31 Å². The second kappa shape index (κ2) is 6.96. The number of halogens is 1. The van der Waals surface area contributed by atoms with E-state index in [4.69, 9.17) is 0 Å². The number of piperazine rings is 1. The van der Waals surface area contributed by atoms with Crippen molar-refractivity contribution in [1.29, 1.82) is 0 Å². The Balaban J connectivity index is 0.00000220. The van der Waals surface area contributed by atoms with Crippen molar-refractivity contribution in [2.24, 2.45) is 0 Å². The maximum Gasteiger partial charge on any atom is 0.243 e. The molecule has 21 heavy (non-hydrogen) atoms. The summed E-state index contributed by atoms with van der Waals surface area (Å²) in [7, 11) is 0.443. The van der Waals surface area contributed by atoms with Crippen LogP contribution in [0.2, 0.25) is 0 Å². The van der Waals surface area contributed by atoms with Gasteiger partial charge >= 0.3 is 0 Å². The van der Waals surface area contributed by atoms with Crippen LogP contribution in [0.5, 0.6) is 0 Å². The van der Waals surface area contributed by atoms with Gasteiger partial charge in [0, 0.05) is 45.5 Å². The number of hydrogen-bond acceptors (Lipinski definition) is 4. The summed E-state index contributed by atoms with van der Waals surface area (Å²) in [6, 6.07) is 5.52. The normalized spacial score (nSPS) is 19.9. The van der Waals surface area contributed by atoms with Crippen molar-refractivity contribution in [3.8, 4) is 0 Å². The minimum atomic E-state index is -3.40. The molecule has 120 valence electrons. The minimum absolute atomic E-state index is 0. The first kappa shape index (κ1) is 18.2. The van der Waals surface area contributed by atoms with Crippen molar-refractivity contribution < 1.29 is 8.42 Å². The van der Waals surface area contributed by atoms with Gasteiger partial charge in [-0.15, -0.1) is 12.4 Å². The molecule has 1 aromatic rings. The largest absolute Gasteiger partial charge is 0.377 e. The molecule has 0 amide bonds. The number of aryl methyl sites for hydroxylation is 1. The summed E-state index contributed by atoms with van der Waals surface area (Å²) in [6.07, 6.45) is 0. The predicted octanol–water partition coefficient (Wildman–Crippen LogP) is 1.47. The zero-order valence-electron chi connectivity index (χ0n) is 13.0. The van der Waals surface area contributed by atoms with E-state index >= 15 is 0 Å². The SMILES string of the molecule is Cc1ccc(S(=O)(=O)N2CCNC(C)C2)cc1N(C)C.Cl. The van der Waals surface area contributed by atoms with Crippen molar-refractivity contribution in [2.75, 3.05) is 38.6 Å². The number of nitrogens with zero attached hydrogens (tertiary/aromatic N) is 2. The molecule has 0 radical (unpaired) electrons. The number of rotatable bonds is 3. The number of nitrogens with one attached hydrogen (secondary N) is 1. The van der Waals surface area contributed by atoms with Gasteiger partial charge in [-0.05, 0) is 31.5 Å². The van der Waals surface area contributed by atoms with E-state index in [1.807, 2.05) is 38.9 Å². The first-order chi connectivity index (χ1) is 9.32. The quantitative estimate of drug-likeness (QED) is 0.910. The van der Waals surface area contributed by atoms with E-state index in [0.29, 0.717) is 24.5 Å². The fraction of sp³-hybridized carbons (Fsp3) is 0.571. The maximum atomic E-state index is 12.7. The van der Waals surface area contributed by atoms with Gasteiger partial charge in [0.1, 0.15) is 0 Å². The van der Waals surface area contributed by atoms with Gasteiger partial charge in [-0.3, -0.25) is 0 Å². The summed E-state index contributed by atoms with van der Waals surface area (Å²) in [5.74, 6) is 0. The third-order valence-corrected chi connectivity index (χ3v) is 5.49. The second-order valence-electron chi connectivity index (χ2n) is 5.56. The number of hydrogen-bond donors (Lipinski definition) is 1. The molecule has 2 rings (SSSR count). The molecule has 7 heteroatoms. The highest BCUT2D eigenvalue weighted by molar-refractivity contribution is 7.89. The molecule has 0 aromatic heterocycles. The van der Waals surface area contributed by atoms with Crippen molar-refractivity contribution in [1.82, 2.24) is 9.62 Å². The van der Waals surface area contributed by atoms with E-state index in [9.17, 15) is 8.42 Å². The van der Waals surface area contributed by atoms with Crippen LogP contribution in [0, 0.1) is 6.92 Å². The minimum Gasteiger partial charge on any atom is -0.377 e. The zero-order chi connectivity index (χ0) is 14.9. The Bertz CT molecular complexity index is 590. The highest BCUT2D eigenvalue weighted by atomic mass is 35.5. The van der Waals surface area contributed by atoms with Crippen molar-refractivity contribution >= 4 is 28.1 Å². The van der Waals surface area contributed by atoms with Crippen molar-refractivity contribution in [3.05, 3.63) is 23.8 Å². The topological polar surface area (TPSA) is 52.7 Å². The molecule has 1 aromatic carbocycles. The number of anilines is 1. The summed E-state index contributed by atoms with van der Waals surface area (Å²) in [5.41, 5.74) is 2.01. The molecule has 0 bridgehead atoms. The smallest absolute Gasteiger partial charge is 0.243 e. The van der Waals surface area contributed by atoms with Crippen LogP contribution in [0.25, 0.3) is 0 Å². The Labute approximate surface area is 133 Å². The standard InChI is InChI=1S/C14H23N3O2S.ClH/c1-11-5-6-13(9-14(11)16(3)4)20(18,19)17-8-7-15-12(2)10-17;/h5-6,9,12,15H,7-8,10H2,1-4H3;1H. The Morgan fingerprint density at radius 3 is 2.57 bits per heavy atom. The van der Waals surface area contributed by atoms with Gasteiger partial charge in [0.05, 0.1) is 4.90 Å². The average Bonchev–Trinajstić information content (AvgIpc) is 2.38. The van der Waals surface area contributed by atoms with Crippen LogP contribution >= 0.6 is 12.4 Å².